The van der Waals surface area contributed by atoms with Gasteiger partial charge in [0.25, 0.3) is 0 Å². The summed E-state index contributed by atoms with van der Waals surface area (Å²) in [6.45, 7) is 0. The predicted molar refractivity (Wildman–Crippen MR) is 91.1 cm³/mol. The lowest BCUT2D eigenvalue weighted by Crippen LogP contribution is -2.21. The molecule has 140 valence electrons. The number of carbonyl (C=O) groups excluding carboxylic acids is 1. The fraction of sp³-hybridized carbons (Fsp3) is 0.188. The highest BCUT2D eigenvalue weighted by Crippen LogP contribution is 2.22. The van der Waals surface area contributed by atoms with Crippen LogP contribution in [0.5, 0.6) is 0 Å². The third-order valence-corrected chi connectivity index (χ3v) is 3.30. The summed E-state index contributed by atoms with van der Waals surface area (Å²) in [6.07, 6.45) is 0.208. The second-order valence-electron chi connectivity index (χ2n) is 5.57. The van der Waals surface area contributed by atoms with Crippen molar-refractivity contribution in [3.05, 3.63) is 43.0 Å². The standard InChI is InChI=1S/C16H14F3N7O/c1-26-9-11(8-22-26)23-15-20-5-4-12(24-15)10-2-3-13(21-7-10)25-14(27)6-16(17,18)19/h2-5,7-9H,6H2,1H3,(H,20,23,24)(H,21,25,27). The van der Waals surface area contributed by atoms with Crippen LogP contribution in [0.1, 0.15) is 6.42 Å². The highest BCUT2D eigenvalue weighted by molar-refractivity contribution is 5.90. The van der Waals surface area contributed by atoms with Gasteiger partial charge in [0, 0.05) is 31.2 Å². The van der Waals surface area contributed by atoms with Crippen LogP contribution in [0.15, 0.2) is 43.0 Å². The van der Waals surface area contributed by atoms with Gasteiger partial charge in [0.05, 0.1) is 17.6 Å². The van der Waals surface area contributed by atoms with Crippen molar-refractivity contribution >= 4 is 23.4 Å². The van der Waals surface area contributed by atoms with Crippen LogP contribution in [-0.2, 0) is 11.8 Å². The highest BCUT2D eigenvalue weighted by Gasteiger charge is 2.31. The van der Waals surface area contributed by atoms with E-state index in [1.807, 2.05) is 0 Å². The molecule has 3 aromatic rings. The number of aromatic nitrogens is 5. The summed E-state index contributed by atoms with van der Waals surface area (Å²) in [4.78, 5) is 23.7. The van der Waals surface area contributed by atoms with Crippen molar-refractivity contribution in [2.24, 2.45) is 7.05 Å². The van der Waals surface area contributed by atoms with Gasteiger partial charge in [-0.2, -0.15) is 18.3 Å². The minimum atomic E-state index is -4.57. The van der Waals surface area contributed by atoms with Crippen LogP contribution in [0, 0.1) is 0 Å². The number of amides is 1. The number of carbonyl (C=O) groups is 1. The van der Waals surface area contributed by atoms with Gasteiger partial charge in [0.2, 0.25) is 11.9 Å². The van der Waals surface area contributed by atoms with Crippen molar-refractivity contribution in [3.63, 3.8) is 0 Å². The van der Waals surface area contributed by atoms with E-state index in [9.17, 15) is 18.0 Å². The topological polar surface area (TPSA) is 97.6 Å². The van der Waals surface area contributed by atoms with Gasteiger partial charge >= 0.3 is 6.18 Å². The summed E-state index contributed by atoms with van der Waals surface area (Å²) < 4.78 is 38.2. The quantitative estimate of drug-likeness (QED) is 0.710. The molecule has 3 heterocycles. The van der Waals surface area contributed by atoms with E-state index in [0.29, 0.717) is 17.2 Å². The fourth-order valence-electron chi connectivity index (χ4n) is 2.18. The number of hydrogen-bond donors (Lipinski definition) is 2. The lowest BCUT2D eigenvalue weighted by atomic mass is 10.2. The first-order chi connectivity index (χ1) is 12.8. The van der Waals surface area contributed by atoms with Gasteiger partial charge in [0.1, 0.15) is 12.2 Å². The number of aryl methyl sites for hydroxylation is 1. The van der Waals surface area contributed by atoms with E-state index < -0.39 is 18.5 Å². The van der Waals surface area contributed by atoms with E-state index >= 15 is 0 Å². The fourth-order valence-corrected chi connectivity index (χ4v) is 2.18. The third kappa shape index (κ3) is 5.23. The minimum Gasteiger partial charge on any atom is -0.321 e. The van der Waals surface area contributed by atoms with Crippen LogP contribution >= 0.6 is 0 Å². The first-order valence-electron chi connectivity index (χ1n) is 7.70. The van der Waals surface area contributed by atoms with E-state index in [-0.39, 0.29) is 5.82 Å². The van der Waals surface area contributed by atoms with Crippen molar-refractivity contribution in [3.8, 4) is 11.3 Å². The Kier molecular flexibility index (Phi) is 5.01. The van der Waals surface area contributed by atoms with Crippen molar-refractivity contribution < 1.29 is 18.0 Å². The van der Waals surface area contributed by atoms with Crippen LogP contribution in [0.3, 0.4) is 0 Å². The van der Waals surface area contributed by atoms with Crippen molar-refractivity contribution in [2.75, 3.05) is 10.6 Å². The molecule has 0 spiro atoms. The number of nitrogens with one attached hydrogen (secondary N) is 2. The van der Waals surface area contributed by atoms with Crippen LogP contribution in [-0.4, -0.2) is 36.8 Å². The van der Waals surface area contributed by atoms with Crippen molar-refractivity contribution in [2.45, 2.75) is 12.6 Å². The summed E-state index contributed by atoms with van der Waals surface area (Å²) in [5, 5.41) is 9.14. The minimum absolute atomic E-state index is 0.0239. The predicted octanol–water partition coefficient (Wildman–Crippen LogP) is 2.91. The molecule has 3 rings (SSSR count). The van der Waals surface area contributed by atoms with E-state index in [0.717, 1.165) is 5.69 Å². The van der Waals surface area contributed by atoms with E-state index in [1.54, 1.807) is 42.5 Å². The zero-order chi connectivity index (χ0) is 19.4. The maximum absolute atomic E-state index is 12.2. The second kappa shape index (κ2) is 7.40. The van der Waals surface area contributed by atoms with Crippen LogP contribution in [0.25, 0.3) is 11.3 Å². The molecule has 1 amide bonds. The monoisotopic (exact) mass is 377 g/mol. The molecule has 2 N–H and O–H groups in total. The Labute approximate surface area is 151 Å². The number of alkyl halides is 3. The van der Waals surface area contributed by atoms with Gasteiger partial charge in [-0.1, -0.05) is 0 Å². The zero-order valence-corrected chi connectivity index (χ0v) is 14.0. The number of halogens is 3. The normalized spacial score (nSPS) is 11.3. The molecule has 0 aliphatic heterocycles. The molecular formula is C16H14F3N7O. The van der Waals surface area contributed by atoms with Crippen molar-refractivity contribution in [1.82, 2.24) is 24.7 Å². The molecule has 0 bridgehead atoms. The molecular weight excluding hydrogens is 363 g/mol. The Morgan fingerprint density at radius 2 is 2.00 bits per heavy atom. The average Bonchev–Trinajstić information content (AvgIpc) is 2.99. The molecule has 0 fully saturated rings. The van der Waals surface area contributed by atoms with Crippen LogP contribution in [0.4, 0.5) is 30.6 Å². The Balaban J connectivity index is 1.69. The molecule has 27 heavy (non-hydrogen) atoms. The van der Waals surface area contributed by atoms with Gasteiger partial charge in [-0.15, -0.1) is 0 Å². The van der Waals surface area contributed by atoms with Gasteiger partial charge in [-0.3, -0.25) is 9.48 Å². The largest absolute Gasteiger partial charge is 0.397 e. The number of hydrogen-bond acceptors (Lipinski definition) is 6. The molecule has 0 radical (unpaired) electrons. The summed E-state index contributed by atoms with van der Waals surface area (Å²) >= 11 is 0. The van der Waals surface area contributed by atoms with E-state index in [2.05, 4.69) is 30.7 Å². The Morgan fingerprint density at radius 1 is 1.19 bits per heavy atom. The summed E-state index contributed by atoms with van der Waals surface area (Å²) in [5.74, 6) is -0.799. The lowest BCUT2D eigenvalue weighted by molar-refractivity contribution is -0.150. The summed E-state index contributed by atoms with van der Waals surface area (Å²) in [5.41, 5.74) is 1.88. The SMILES string of the molecule is Cn1cc(Nc2nccc(-c3ccc(NC(=O)CC(F)(F)F)nc3)n2)cn1. The first-order valence-corrected chi connectivity index (χ1v) is 7.70. The second-order valence-corrected chi connectivity index (χ2v) is 5.57. The molecule has 8 nitrogen and oxygen atoms in total. The maximum Gasteiger partial charge on any atom is 0.397 e. The molecule has 3 aromatic heterocycles. The molecule has 0 aliphatic rings. The molecule has 11 heteroatoms. The van der Waals surface area contributed by atoms with Crippen molar-refractivity contribution in [1.29, 1.82) is 0 Å². The maximum atomic E-state index is 12.2. The van der Waals surface area contributed by atoms with Crippen LogP contribution < -0.4 is 10.6 Å². The Morgan fingerprint density at radius 3 is 2.63 bits per heavy atom. The van der Waals surface area contributed by atoms with Gasteiger partial charge in [-0.05, 0) is 18.2 Å². The number of anilines is 3. The molecule has 0 saturated heterocycles. The average molecular weight is 377 g/mol. The third-order valence-electron chi connectivity index (χ3n) is 3.30. The summed E-state index contributed by atoms with van der Waals surface area (Å²) in [7, 11) is 1.78. The summed E-state index contributed by atoms with van der Waals surface area (Å²) in [6, 6.07) is 4.65. The molecule has 0 saturated carbocycles. The molecule has 0 atom stereocenters. The highest BCUT2D eigenvalue weighted by atomic mass is 19.4. The van der Waals surface area contributed by atoms with Gasteiger partial charge in [0.15, 0.2) is 0 Å². The lowest BCUT2D eigenvalue weighted by Gasteiger charge is -2.08. The van der Waals surface area contributed by atoms with E-state index in [1.165, 1.54) is 12.3 Å². The number of nitrogens with zero attached hydrogens (tertiary/aromatic N) is 5. The Hall–Kier alpha value is -3.50. The molecule has 0 unspecified atom stereocenters. The smallest absolute Gasteiger partial charge is 0.321 e. The first kappa shape index (κ1) is 18.3. The Bertz CT molecular complexity index is 938. The number of pyridine rings is 1. The van der Waals surface area contributed by atoms with Crippen LogP contribution in [0.2, 0.25) is 0 Å². The van der Waals surface area contributed by atoms with Gasteiger partial charge < -0.3 is 10.6 Å². The molecule has 0 aromatic carbocycles. The number of rotatable bonds is 5. The van der Waals surface area contributed by atoms with E-state index in [4.69, 9.17) is 0 Å². The van der Waals surface area contributed by atoms with Gasteiger partial charge in [-0.25, -0.2) is 15.0 Å². The zero-order valence-electron chi connectivity index (χ0n) is 14.0. The molecule has 0 aliphatic carbocycles.